The molecule has 66 valence electrons. The van der Waals surface area contributed by atoms with Gasteiger partial charge in [0, 0.05) is 5.92 Å². The summed E-state index contributed by atoms with van der Waals surface area (Å²) in [6.45, 7) is 7.94. The Morgan fingerprint density at radius 1 is 1.45 bits per heavy atom. The second-order valence-electron chi connectivity index (χ2n) is 3.74. The van der Waals surface area contributed by atoms with Crippen LogP contribution in [-0.4, -0.2) is 22.9 Å². The zero-order chi connectivity index (χ0) is 8.65. The highest BCUT2D eigenvalue weighted by molar-refractivity contribution is 4.95. The summed E-state index contributed by atoms with van der Waals surface area (Å²) in [6, 6.07) is 0. The van der Waals surface area contributed by atoms with Gasteiger partial charge in [0.25, 0.3) is 0 Å². The van der Waals surface area contributed by atoms with Crippen LogP contribution >= 0.6 is 0 Å². The summed E-state index contributed by atoms with van der Waals surface area (Å²) in [4.78, 5) is 0. The number of hydrogen-bond acceptors (Lipinski definition) is 2. The topological polar surface area (TPSA) is 29.5 Å². The van der Waals surface area contributed by atoms with Crippen molar-refractivity contribution in [3.05, 3.63) is 0 Å². The first-order valence-corrected chi connectivity index (χ1v) is 4.38. The molecule has 0 spiro atoms. The minimum Gasteiger partial charge on any atom is -0.387 e. The van der Waals surface area contributed by atoms with Crippen molar-refractivity contribution >= 4 is 0 Å². The lowest BCUT2D eigenvalue weighted by atomic mass is 9.85. The smallest absolute Gasteiger partial charge is 0.0927 e. The quantitative estimate of drug-likeness (QED) is 0.627. The maximum absolute atomic E-state index is 9.91. The first-order chi connectivity index (χ1) is 5.00. The summed E-state index contributed by atoms with van der Waals surface area (Å²) in [6.07, 6.45) is 1.20. The average Bonchev–Trinajstić information content (AvgIpc) is 2.14. The largest absolute Gasteiger partial charge is 0.387 e. The fraction of sp³-hybridized carbons (Fsp3) is 1.00. The van der Waals surface area contributed by atoms with E-state index in [-0.39, 0.29) is 18.1 Å². The lowest BCUT2D eigenvalue weighted by molar-refractivity contribution is -0.0318. The second kappa shape index (κ2) is 2.76. The zero-order valence-electron chi connectivity index (χ0n) is 7.79. The van der Waals surface area contributed by atoms with Crippen LogP contribution in [0.25, 0.3) is 0 Å². The first-order valence-electron chi connectivity index (χ1n) is 4.38. The number of rotatable bonds is 1. The molecule has 1 saturated heterocycles. The van der Waals surface area contributed by atoms with Gasteiger partial charge in [0.1, 0.15) is 0 Å². The Morgan fingerprint density at radius 2 is 2.00 bits per heavy atom. The lowest BCUT2D eigenvalue weighted by Crippen LogP contribution is -2.38. The molecule has 4 atom stereocenters. The summed E-state index contributed by atoms with van der Waals surface area (Å²) in [7, 11) is 0. The van der Waals surface area contributed by atoms with Crippen LogP contribution in [0.5, 0.6) is 0 Å². The van der Waals surface area contributed by atoms with Crippen LogP contribution in [0.4, 0.5) is 0 Å². The Kier molecular flexibility index (Phi) is 2.26. The van der Waals surface area contributed by atoms with Crippen molar-refractivity contribution in [1.29, 1.82) is 0 Å². The van der Waals surface area contributed by atoms with Crippen LogP contribution in [0.2, 0.25) is 0 Å². The molecule has 0 radical (unpaired) electrons. The van der Waals surface area contributed by atoms with E-state index in [1.54, 1.807) is 0 Å². The molecule has 1 unspecified atom stereocenters. The summed E-state index contributed by atoms with van der Waals surface area (Å²) < 4.78 is 5.59. The summed E-state index contributed by atoms with van der Waals surface area (Å²) in [5.41, 5.74) is -0.638. The molecular formula is C9H18O2. The third-order valence-electron chi connectivity index (χ3n) is 3.08. The molecule has 0 aromatic carbocycles. The summed E-state index contributed by atoms with van der Waals surface area (Å²) in [5, 5.41) is 9.91. The molecular weight excluding hydrogens is 140 g/mol. The van der Waals surface area contributed by atoms with E-state index in [9.17, 15) is 5.11 Å². The molecule has 1 N–H and O–H groups in total. The molecule has 0 bridgehead atoms. The Hall–Kier alpha value is -0.0800. The number of hydrogen-bond donors (Lipinski definition) is 1. The minimum absolute atomic E-state index is 0.0255. The molecule has 1 aliphatic heterocycles. The highest BCUT2D eigenvalue weighted by Crippen LogP contribution is 2.36. The van der Waals surface area contributed by atoms with Crippen LogP contribution in [0, 0.1) is 5.92 Å². The molecule has 0 aliphatic carbocycles. The van der Waals surface area contributed by atoms with Gasteiger partial charge in [-0.15, -0.1) is 0 Å². The standard InChI is InChI=1S/C9H18O2/c1-5-8-6(2)9(4,10)7(3)11-8/h6-8,10H,5H2,1-4H3/t6-,7?,8-,9-/m1/s1. The van der Waals surface area contributed by atoms with Crippen LogP contribution < -0.4 is 0 Å². The maximum Gasteiger partial charge on any atom is 0.0927 e. The van der Waals surface area contributed by atoms with Gasteiger partial charge >= 0.3 is 0 Å². The van der Waals surface area contributed by atoms with Crippen molar-refractivity contribution in [2.45, 2.75) is 51.9 Å². The third kappa shape index (κ3) is 1.30. The number of aliphatic hydroxyl groups is 1. The predicted molar refractivity (Wildman–Crippen MR) is 44.4 cm³/mol. The van der Waals surface area contributed by atoms with Crippen LogP contribution in [0.1, 0.15) is 34.1 Å². The van der Waals surface area contributed by atoms with E-state index in [2.05, 4.69) is 13.8 Å². The van der Waals surface area contributed by atoms with Crippen LogP contribution in [0.3, 0.4) is 0 Å². The van der Waals surface area contributed by atoms with E-state index in [1.807, 2.05) is 13.8 Å². The Bertz CT molecular complexity index is 142. The highest BCUT2D eigenvalue weighted by Gasteiger charge is 2.46. The van der Waals surface area contributed by atoms with E-state index in [1.165, 1.54) is 0 Å². The van der Waals surface area contributed by atoms with Crippen molar-refractivity contribution < 1.29 is 9.84 Å². The van der Waals surface area contributed by atoms with Crippen molar-refractivity contribution in [3.63, 3.8) is 0 Å². The lowest BCUT2D eigenvalue weighted by Gasteiger charge is -2.25. The highest BCUT2D eigenvalue weighted by atomic mass is 16.5. The van der Waals surface area contributed by atoms with Crippen LogP contribution in [0.15, 0.2) is 0 Å². The number of ether oxygens (including phenoxy) is 1. The van der Waals surface area contributed by atoms with E-state index in [0.29, 0.717) is 0 Å². The summed E-state index contributed by atoms with van der Waals surface area (Å²) >= 11 is 0. The van der Waals surface area contributed by atoms with Gasteiger partial charge in [0.2, 0.25) is 0 Å². The van der Waals surface area contributed by atoms with Gasteiger partial charge in [-0.05, 0) is 20.3 Å². The van der Waals surface area contributed by atoms with Gasteiger partial charge in [-0.3, -0.25) is 0 Å². The maximum atomic E-state index is 9.91. The molecule has 1 heterocycles. The molecule has 0 aromatic heterocycles. The molecule has 0 aromatic rings. The molecule has 1 aliphatic rings. The SMILES string of the molecule is CC[C@H]1OC(C)[C@](C)(O)[C@@H]1C. The van der Waals surface area contributed by atoms with Gasteiger partial charge in [0.05, 0.1) is 17.8 Å². The Morgan fingerprint density at radius 3 is 2.18 bits per heavy atom. The second-order valence-corrected chi connectivity index (χ2v) is 3.74. The summed E-state index contributed by atoms with van der Waals surface area (Å²) in [5.74, 6) is 0.252. The fourth-order valence-corrected chi connectivity index (χ4v) is 1.71. The van der Waals surface area contributed by atoms with E-state index in [0.717, 1.165) is 6.42 Å². The monoisotopic (exact) mass is 158 g/mol. The zero-order valence-corrected chi connectivity index (χ0v) is 7.79. The van der Waals surface area contributed by atoms with E-state index >= 15 is 0 Å². The van der Waals surface area contributed by atoms with Gasteiger partial charge in [-0.25, -0.2) is 0 Å². The van der Waals surface area contributed by atoms with Gasteiger partial charge in [-0.2, -0.15) is 0 Å². The molecule has 1 rings (SSSR count). The molecule has 11 heavy (non-hydrogen) atoms. The first kappa shape index (κ1) is 9.01. The van der Waals surface area contributed by atoms with Crippen molar-refractivity contribution in [2.75, 3.05) is 0 Å². The van der Waals surface area contributed by atoms with Gasteiger partial charge in [0.15, 0.2) is 0 Å². The minimum atomic E-state index is -0.638. The normalized spacial score (nSPS) is 51.5. The average molecular weight is 158 g/mol. The molecule has 2 nitrogen and oxygen atoms in total. The Balaban J connectivity index is 2.71. The van der Waals surface area contributed by atoms with Gasteiger partial charge < -0.3 is 9.84 Å². The third-order valence-corrected chi connectivity index (χ3v) is 3.08. The molecule has 2 heteroatoms. The van der Waals surface area contributed by atoms with Crippen molar-refractivity contribution in [1.82, 2.24) is 0 Å². The van der Waals surface area contributed by atoms with E-state index in [4.69, 9.17) is 4.74 Å². The van der Waals surface area contributed by atoms with E-state index < -0.39 is 5.60 Å². The van der Waals surface area contributed by atoms with Gasteiger partial charge in [-0.1, -0.05) is 13.8 Å². The fourth-order valence-electron chi connectivity index (χ4n) is 1.71. The molecule has 0 amide bonds. The van der Waals surface area contributed by atoms with Crippen molar-refractivity contribution in [2.24, 2.45) is 5.92 Å². The molecule has 0 saturated carbocycles. The predicted octanol–water partition coefficient (Wildman–Crippen LogP) is 1.57. The Labute approximate surface area is 68.6 Å². The van der Waals surface area contributed by atoms with Crippen molar-refractivity contribution in [3.8, 4) is 0 Å². The molecule has 1 fully saturated rings. The van der Waals surface area contributed by atoms with Crippen LogP contribution in [-0.2, 0) is 4.74 Å².